The van der Waals surface area contributed by atoms with Crippen LogP contribution in [0.15, 0.2) is 24.3 Å². The Labute approximate surface area is 145 Å². The second-order valence-corrected chi connectivity index (χ2v) is 7.38. The first-order valence-electron chi connectivity index (χ1n) is 8.66. The molecule has 2 aliphatic rings. The van der Waals surface area contributed by atoms with E-state index in [4.69, 9.17) is 4.74 Å². The van der Waals surface area contributed by atoms with Gasteiger partial charge >= 0.3 is 6.09 Å². The lowest BCUT2D eigenvalue weighted by atomic mass is 9.97. The largest absolute Gasteiger partial charge is 0.447 e. The summed E-state index contributed by atoms with van der Waals surface area (Å²) >= 11 is 0. The van der Waals surface area contributed by atoms with Gasteiger partial charge in [-0.2, -0.15) is 5.10 Å². The number of piperidine rings is 1. The molecule has 0 atom stereocenters. The number of hydrogen-bond acceptors (Lipinski definition) is 4. The van der Waals surface area contributed by atoms with Crippen molar-refractivity contribution in [2.75, 3.05) is 19.7 Å². The van der Waals surface area contributed by atoms with Crippen LogP contribution in [0, 0.1) is 0 Å². The molecule has 4 rings (SSSR count). The lowest BCUT2D eigenvalue weighted by Gasteiger charge is -2.40. The van der Waals surface area contributed by atoms with Crippen LogP contribution < -0.4 is 0 Å². The number of rotatable bonds is 2. The van der Waals surface area contributed by atoms with Crippen LogP contribution in [0.5, 0.6) is 0 Å². The highest BCUT2D eigenvalue weighted by Crippen LogP contribution is 2.31. The molecule has 0 saturated carbocycles. The quantitative estimate of drug-likeness (QED) is 0.909. The number of ether oxygens (including phenoxy) is 1. The second kappa shape index (κ2) is 5.75. The second-order valence-electron chi connectivity index (χ2n) is 7.38. The molecule has 2 saturated heterocycles. The molecule has 2 aromatic rings. The SMILES string of the molecule is CC1(C)COC(=O)N1C1CCN(C(=O)c2n[nH]c3ccccc23)CC1. The summed E-state index contributed by atoms with van der Waals surface area (Å²) in [6.07, 6.45) is 1.27. The monoisotopic (exact) mass is 342 g/mol. The molecule has 0 radical (unpaired) electrons. The van der Waals surface area contributed by atoms with Crippen LogP contribution in [0.3, 0.4) is 0 Å². The number of aromatic nitrogens is 2. The van der Waals surface area contributed by atoms with Gasteiger partial charge in [-0.05, 0) is 32.8 Å². The van der Waals surface area contributed by atoms with E-state index >= 15 is 0 Å². The molecule has 3 heterocycles. The van der Waals surface area contributed by atoms with Crippen molar-refractivity contribution >= 4 is 22.9 Å². The Bertz CT molecular complexity index is 821. The van der Waals surface area contributed by atoms with Gasteiger partial charge in [-0.3, -0.25) is 14.8 Å². The molecule has 7 nitrogen and oxygen atoms in total. The van der Waals surface area contributed by atoms with Crippen molar-refractivity contribution in [3.63, 3.8) is 0 Å². The molecule has 7 heteroatoms. The van der Waals surface area contributed by atoms with Crippen LogP contribution in [-0.4, -0.2) is 63.3 Å². The summed E-state index contributed by atoms with van der Waals surface area (Å²) in [5.74, 6) is -0.0563. The molecular weight excluding hydrogens is 320 g/mol. The predicted molar refractivity (Wildman–Crippen MR) is 92.3 cm³/mol. The van der Waals surface area contributed by atoms with Gasteiger partial charge < -0.3 is 9.64 Å². The third kappa shape index (κ3) is 2.63. The maximum absolute atomic E-state index is 12.8. The van der Waals surface area contributed by atoms with Crippen LogP contribution in [0.2, 0.25) is 0 Å². The molecule has 0 spiro atoms. The molecule has 2 aliphatic heterocycles. The fourth-order valence-corrected chi connectivity index (χ4v) is 3.87. The summed E-state index contributed by atoms with van der Waals surface area (Å²) in [6, 6.07) is 7.75. The van der Waals surface area contributed by atoms with Crippen molar-refractivity contribution in [2.24, 2.45) is 0 Å². The van der Waals surface area contributed by atoms with Crippen LogP contribution in [0.4, 0.5) is 4.79 Å². The van der Waals surface area contributed by atoms with Crippen molar-refractivity contribution in [3.05, 3.63) is 30.0 Å². The summed E-state index contributed by atoms with van der Waals surface area (Å²) in [7, 11) is 0. The van der Waals surface area contributed by atoms with E-state index in [0.717, 1.165) is 23.7 Å². The Morgan fingerprint density at radius 1 is 1.28 bits per heavy atom. The first kappa shape index (κ1) is 15.9. The molecule has 2 amide bonds. The van der Waals surface area contributed by atoms with E-state index in [1.807, 2.05) is 47.9 Å². The number of H-pyrrole nitrogens is 1. The topological polar surface area (TPSA) is 78.5 Å². The van der Waals surface area contributed by atoms with E-state index < -0.39 is 0 Å². The molecule has 0 bridgehead atoms. The summed E-state index contributed by atoms with van der Waals surface area (Å²) in [6.45, 7) is 5.69. The first-order chi connectivity index (χ1) is 12.0. The minimum atomic E-state index is -0.285. The predicted octanol–water partition coefficient (Wildman–Crippen LogP) is 2.40. The van der Waals surface area contributed by atoms with Gasteiger partial charge in [-0.25, -0.2) is 4.79 Å². The summed E-state index contributed by atoms with van der Waals surface area (Å²) in [4.78, 5) is 28.6. The zero-order valence-corrected chi connectivity index (χ0v) is 14.5. The van der Waals surface area contributed by atoms with Crippen molar-refractivity contribution in [1.82, 2.24) is 20.0 Å². The Morgan fingerprint density at radius 2 is 2.00 bits per heavy atom. The maximum Gasteiger partial charge on any atom is 0.410 e. The van der Waals surface area contributed by atoms with Crippen LogP contribution in [0.1, 0.15) is 37.2 Å². The van der Waals surface area contributed by atoms with Gasteiger partial charge in [-0.15, -0.1) is 0 Å². The van der Waals surface area contributed by atoms with E-state index in [2.05, 4.69) is 10.2 Å². The first-order valence-corrected chi connectivity index (χ1v) is 8.66. The molecule has 0 unspecified atom stereocenters. The van der Waals surface area contributed by atoms with Gasteiger partial charge in [0.15, 0.2) is 5.69 Å². The normalized spacial score (nSPS) is 21.0. The highest BCUT2D eigenvalue weighted by Gasteiger charge is 2.45. The van der Waals surface area contributed by atoms with E-state index in [1.54, 1.807) is 0 Å². The summed E-state index contributed by atoms with van der Waals surface area (Å²) < 4.78 is 5.21. The number of aromatic amines is 1. The molecule has 2 fully saturated rings. The molecule has 0 aliphatic carbocycles. The van der Waals surface area contributed by atoms with E-state index in [-0.39, 0.29) is 23.6 Å². The van der Waals surface area contributed by atoms with Gasteiger partial charge in [0.25, 0.3) is 5.91 Å². The smallest absolute Gasteiger partial charge is 0.410 e. The lowest BCUT2D eigenvalue weighted by molar-refractivity contribution is 0.0586. The van der Waals surface area contributed by atoms with Crippen molar-refractivity contribution in [2.45, 2.75) is 38.3 Å². The fraction of sp³-hybridized carbons (Fsp3) is 0.500. The summed E-state index contributed by atoms with van der Waals surface area (Å²) in [5.41, 5.74) is 1.05. The lowest BCUT2D eigenvalue weighted by Crippen LogP contribution is -2.53. The highest BCUT2D eigenvalue weighted by molar-refractivity contribution is 6.04. The standard InChI is InChI=1S/C18H22N4O3/c1-18(2)11-25-17(24)22(18)12-7-9-21(10-8-12)16(23)15-13-5-3-4-6-14(13)19-20-15/h3-6,12H,7-11H2,1-2H3,(H,19,20). The van der Waals surface area contributed by atoms with Gasteiger partial charge in [0.1, 0.15) is 6.61 Å². The van der Waals surface area contributed by atoms with Gasteiger partial charge in [0, 0.05) is 24.5 Å². The van der Waals surface area contributed by atoms with Crippen molar-refractivity contribution in [1.29, 1.82) is 0 Å². The Balaban J connectivity index is 1.47. The average molecular weight is 342 g/mol. The minimum absolute atomic E-state index is 0.0563. The van der Waals surface area contributed by atoms with E-state index in [9.17, 15) is 9.59 Å². The molecule has 1 N–H and O–H groups in total. The number of fused-ring (bicyclic) bond motifs is 1. The molecule has 1 aromatic carbocycles. The minimum Gasteiger partial charge on any atom is -0.447 e. The number of nitrogens with zero attached hydrogens (tertiary/aromatic N) is 3. The third-order valence-electron chi connectivity index (χ3n) is 5.19. The van der Waals surface area contributed by atoms with Crippen LogP contribution >= 0.6 is 0 Å². The van der Waals surface area contributed by atoms with Gasteiger partial charge in [0.05, 0.1) is 11.1 Å². The Morgan fingerprint density at radius 3 is 2.68 bits per heavy atom. The molecule has 25 heavy (non-hydrogen) atoms. The van der Waals surface area contributed by atoms with Gasteiger partial charge in [0.2, 0.25) is 0 Å². The number of cyclic esters (lactones) is 1. The average Bonchev–Trinajstić information content (AvgIpc) is 3.15. The number of hydrogen-bond donors (Lipinski definition) is 1. The fourth-order valence-electron chi connectivity index (χ4n) is 3.87. The number of carbonyl (C=O) groups excluding carboxylic acids is 2. The van der Waals surface area contributed by atoms with Crippen LogP contribution in [-0.2, 0) is 4.74 Å². The van der Waals surface area contributed by atoms with E-state index in [0.29, 0.717) is 25.4 Å². The number of amides is 2. The van der Waals surface area contributed by atoms with Gasteiger partial charge in [-0.1, -0.05) is 18.2 Å². The molecule has 132 valence electrons. The highest BCUT2D eigenvalue weighted by atomic mass is 16.6. The Kier molecular flexibility index (Phi) is 3.67. The Hall–Kier alpha value is -2.57. The summed E-state index contributed by atoms with van der Waals surface area (Å²) in [5, 5.41) is 7.96. The number of benzene rings is 1. The molecular formula is C18H22N4O3. The van der Waals surface area contributed by atoms with Crippen LogP contribution in [0.25, 0.3) is 10.9 Å². The molecule has 1 aromatic heterocycles. The number of likely N-dealkylation sites (tertiary alicyclic amines) is 1. The number of nitrogens with one attached hydrogen (secondary N) is 1. The van der Waals surface area contributed by atoms with Crippen molar-refractivity contribution in [3.8, 4) is 0 Å². The maximum atomic E-state index is 12.8. The number of carbonyl (C=O) groups is 2. The third-order valence-corrected chi connectivity index (χ3v) is 5.19. The number of para-hydroxylation sites is 1. The van der Waals surface area contributed by atoms with E-state index in [1.165, 1.54) is 0 Å². The van der Waals surface area contributed by atoms with Crippen molar-refractivity contribution < 1.29 is 14.3 Å². The zero-order chi connectivity index (χ0) is 17.6. The zero-order valence-electron chi connectivity index (χ0n) is 14.5.